The predicted octanol–water partition coefficient (Wildman–Crippen LogP) is 2.77. The Balaban J connectivity index is 1.27. The van der Waals surface area contributed by atoms with Gasteiger partial charge in [-0.3, -0.25) is 9.69 Å². The number of nitrogens with zero attached hydrogens (tertiary/aromatic N) is 4. The SMILES string of the molecule is O=C(CN1CCN(S(=O)(=O)N2CCCCCC2)CC1)Nc1nc(-c2ccc(F)c(F)c2)cs1. The molecule has 2 fully saturated rings. The molecule has 2 aliphatic rings. The Morgan fingerprint density at radius 1 is 0.970 bits per heavy atom. The lowest BCUT2D eigenvalue weighted by atomic mass is 10.2. The Bertz CT molecular complexity index is 1080. The van der Waals surface area contributed by atoms with Crippen LogP contribution in [0, 0.1) is 11.6 Å². The van der Waals surface area contributed by atoms with Crippen molar-refractivity contribution < 1.29 is 22.0 Å². The summed E-state index contributed by atoms with van der Waals surface area (Å²) in [6.45, 7) is 2.92. The van der Waals surface area contributed by atoms with Crippen LogP contribution >= 0.6 is 11.3 Å². The highest BCUT2D eigenvalue weighted by Gasteiger charge is 2.32. The van der Waals surface area contributed by atoms with E-state index in [1.807, 2.05) is 4.90 Å². The highest BCUT2D eigenvalue weighted by Crippen LogP contribution is 2.26. The van der Waals surface area contributed by atoms with Crippen LogP contribution in [0.15, 0.2) is 23.6 Å². The van der Waals surface area contributed by atoms with Crippen LogP contribution < -0.4 is 5.32 Å². The van der Waals surface area contributed by atoms with Gasteiger partial charge in [0.2, 0.25) is 5.91 Å². The highest BCUT2D eigenvalue weighted by atomic mass is 32.2. The van der Waals surface area contributed by atoms with Gasteiger partial charge >= 0.3 is 0 Å². The average molecular weight is 500 g/mol. The largest absolute Gasteiger partial charge is 0.301 e. The van der Waals surface area contributed by atoms with E-state index in [1.54, 1.807) is 9.69 Å². The summed E-state index contributed by atoms with van der Waals surface area (Å²) in [6, 6.07) is 3.53. The maximum absolute atomic E-state index is 13.4. The molecule has 3 heterocycles. The van der Waals surface area contributed by atoms with Gasteiger partial charge in [-0.15, -0.1) is 11.3 Å². The molecule has 2 aromatic rings. The van der Waals surface area contributed by atoms with E-state index in [2.05, 4.69) is 10.3 Å². The van der Waals surface area contributed by atoms with Crippen LogP contribution in [0.1, 0.15) is 25.7 Å². The minimum atomic E-state index is -3.46. The zero-order valence-corrected chi connectivity index (χ0v) is 19.8. The van der Waals surface area contributed by atoms with Crippen molar-refractivity contribution in [3.05, 3.63) is 35.2 Å². The molecule has 0 unspecified atom stereocenters. The molecule has 12 heteroatoms. The van der Waals surface area contributed by atoms with Crippen molar-refractivity contribution in [2.75, 3.05) is 51.1 Å². The number of nitrogens with one attached hydrogen (secondary N) is 1. The third-order valence-electron chi connectivity index (χ3n) is 5.88. The molecule has 0 aliphatic carbocycles. The van der Waals surface area contributed by atoms with Gasteiger partial charge in [-0.25, -0.2) is 13.8 Å². The summed E-state index contributed by atoms with van der Waals surface area (Å²) >= 11 is 1.20. The summed E-state index contributed by atoms with van der Waals surface area (Å²) in [5.74, 6) is -2.14. The average Bonchev–Trinajstić information content (AvgIpc) is 3.06. The number of halogens is 2. The molecule has 0 radical (unpaired) electrons. The monoisotopic (exact) mass is 499 g/mol. The van der Waals surface area contributed by atoms with Gasteiger partial charge in [-0.1, -0.05) is 12.8 Å². The van der Waals surface area contributed by atoms with Crippen LogP contribution in [-0.4, -0.2) is 78.6 Å². The van der Waals surface area contributed by atoms with E-state index in [0.717, 1.165) is 37.8 Å². The van der Waals surface area contributed by atoms with Gasteiger partial charge in [0.1, 0.15) is 0 Å². The molecule has 1 amide bonds. The van der Waals surface area contributed by atoms with E-state index in [9.17, 15) is 22.0 Å². The van der Waals surface area contributed by atoms with Gasteiger partial charge in [0, 0.05) is 50.2 Å². The van der Waals surface area contributed by atoms with Crippen molar-refractivity contribution in [2.24, 2.45) is 0 Å². The first-order valence-corrected chi connectivity index (χ1v) is 13.3. The number of hydrogen-bond donors (Lipinski definition) is 1. The number of piperazine rings is 1. The lowest BCUT2D eigenvalue weighted by Crippen LogP contribution is -2.54. The number of benzene rings is 1. The second-order valence-corrected chi connectivity index (χ2v) is 11.0. The van der Waals surface area contributed by atoms with Crippen LogP contribution in [0.25, 0.3) is 11.3 Å². The number of rotatable bonds is 6. The van der Waals surface area contributed by atoms with Crippen LogP contribution in [0.3, 0.4) is 0 Å². The van der Waals surface area contributed by atoms with Crippen LogP contribution in [0.2, 0.25) is 0 Å². The lowest BCUT2D eigenvalue weighted by molar-refractivity contribution is -0.117. The van der Waals surface area contributed by atoms with Gasteiger partial charge in [-0.2, -0.15) is 17.0 Å². The molecule has 4 rings (SSSR count). The summed E-state index contributed by atoms with van der Waals surface area (Å²) in [5, 5.41) is 4.75. The molecule has 1 aromatic carbocycles. The molecule has 0 bridgehead atoms. The number of amides is 1. The Morgan fingerprint density at radius 3 is 2.30 bits per heavy atom. The molecule has 2 aliphatic heterocycles. The fraction of sp³-hybridized carbons (Fsp3) is 0.524. The van der Waals surface area contributed by atoms with Crippen molar-refractivity contribution in [1.29, 1.82) is 0 Å². The molecule has 2 saturated heterocycles. The van der Waals surface area contributed by atoms with Crippen molar-refractivity contribution in [3.8, 4) is 11.3 Å². The predicted molar refractivity (Wildman–Crippen MR) is 123 cm³/mol. The second kappa shape index (κ2) is 10.5. The van der Waals surface area contributed by atoms with Crippen molar-refractivity contribution >= 4 is 32.6 Å². The topological polar surface area (TPSA) is 85.9 Å². The molecule has 1 aromatic heterocycles. The third-order valence-corrected chi connectivity index (χ3v) is 8.68. The van der Waals surface area contributed by atoms with Gasteiger partial charge < -0.3 is 5.32 Å². The van der Waals surface area contributed by atoms with Crippen molar-refractivity contribution in [2.45, 2.75) is 25.7 Å². The van der Waals surface area contributed by atoms with Crippen LogP contribution in [-0.2, 0) is 15.0 Å². The Labute approximate surface area is 196 Å². The summed E-state index contributed by atoms with van der Waals surface area (Å²) in [5.41, 5.74) is 0.869. The summed E-state index contributed by atoms with van der Waals surface area (Å²) < 4.78 is 55.5. The maximum Gasteiger partial charge on any atom is 0.282 e. The number of thiazole rings is 1. The fourth-order valence-electron chi connectivity index (χ4n) is 4.04. The zero-order valence-electron chi connectivity index (χ0n) is 18.2. The van der Waals surface area contributed by atoms with E-state index in [1.165, 1.54) is 21.7 Å². The molecule has 1 N–H and O–H groups in total. The Kier molecular flexibility index (Phi) is 7.69. The van der Waals surface area contributed by atoms with Crippen molar-refractivity contribution in [3.63, 3.8) is 0 Å². The van der Waals surface area contributed by atoms with Gasteiger partial charge in [-0.05, 0) is 31.0 Å². The van der Waals surface area contributed by atoms with E-state index in [-0.39, 0.29) is 12.5 Å². The molecule has 0 spiro atoms. The summed E-state index contributed by atoms with van der Waals surface area (Å²) in [6.07, 6.45) is 3.93. The standard InChI is InChI=1S/C21H27F2N5O3S2/c22-17-6-5-16(13-18(17)23)19-15-32-21(24-19)25-20(29)14-26-9-11-28(12-10-26)33(30,31)27-7-3-1-2-4-8-27/h5-6,13,15H,1-4,7-12,14H2,(H,24,25,29). The van der Waals surface area contributed by atoms with Crippen LogP contribution in [0.5, 0.6) is 0 Å². The van der Waals surface area contributed by atoms with E-state index in [0.29, 0.717) is 55.7 Å². The first kappa shape index (κ1) is 24.1. The van der Waals surface area contributed by atoms with E-state index in [4.69, 9.17) is 0 Å². The van der Waals surface area contributed by atoms with Gasteiger partial charge in [0.15, 0.2) is 16.8 Å². The third kappa shape index (κ3) is 5.93. The molecule has 33 heavy (non-hydrogen) atoms. The molecule has 0 saturated carbocycles. The molecule has 180 valence electrons. The van der Waals surface area contributed by atoms with Gasteiger partial charge in [0.05, 0.1) is 12.2 Å². The zero-order chi connectivity index (χ0) is 23.4. The minimum Gasteiger partial charge on any atom is -0.301 e. The number of hydrogen-bond acceptors (Lipinski definition) is 6. The van der Waals surface area contributed by atoms with E-state index < -0.39 is 21.8 Å². The summed E-state index contributed by atoms with van der Waals surface area (Å²) in [7, 11) is -3.46. The molecule has 0 atom stereocenters. The first-order valence-electron chi connectivity index (χ1n) is 11.0. The smallest absolute Gasteiger partial charge is 0.282 e. The lowest BCUT2D eigenvalue weighted by Gasteiger charge is -2.36. The Morgan fingerprint density at radius 2 is 1.64 bits per heavy atom. The molecule has 8 nitrogen and oxygen atoms in total. The van der Waals surface area contributed by atoms with Crippen LogP contribution in [0.4, 0.5) is 13.9 Å². The maximum atomic E-state index is 13.4. The quantitative estimate of drug-likeness (QED) is 0.661. The first-order chi connectivity index (χ1) is 15.8. The van der Waals surface area contributed by atoms with E-state index >= 15 is 0 Å². The summed E-state index contributed by atoms with van der Waals surface area (Å²) in [4.78, 5) is 18.6. The number of carbonyl (C=O) groups is 1. The normalized spacial score (nSPS) is 19.3. The minimum absolute atomic E-state index is 0.123. The number of anilines is 1. The highest BCUT2D eigenvalue weighted by molar-refractivity contribution is 7.86. The number of aromatic nitrogens is 1. The Hall–Kier alpha value is -1.99. The molecular formula is C21H27F2N5O3S2. The second-order valence-electron chi connectivity index (χ2n) is 8.21. The number of carbonyl (C=O) groups excluding carboxylic acids is 1. The fourth-order valence-corrected chi connectivity index (χ4v) is 6.44. The molecular weight excluding hydrogens is 472 g/mol. The van der Waals surface area contributed by atoms with Gasteiger partial charge in [0.25, 0.3) is 10.2 Å². The van der Waals surface area contributed by atoms with Crippen molar-refractivity contribution in [1.82, 2.24) is 18.5 Å².